The second kappa shape index (κ2) is 4.84. The predicted molar refractivity (Wildman–Crippen MR) is 74.6 cm³/mol. The van der Waals surface area contributed by atoms with E-state index in [0.717, 1.165) is 11.3 Å². The molecule has 1 unspecified atom stereocenters. The summed E-state index contributed by atoms with van der Waals surface area (Å²) in [5, 5.41) is 4.33. The summed E-state index contributed by atoms with van der Waals surface area (Å²) >= 11 is 0. The summed E-state index contributed by atoms with van der Waals surface area (Å²) in [5.41, 5.74) is 7.00. The van der Waals surface area contributed by atoms with Gasteiger partial charge >= 0.3 is 0 Å². The average molecular weight is 254 g/mol. The minimum absolute atomic E-state index is 0.0718. The van der Waals surface area contributed by atoms with Crippen LogP contribution < -0.4 is 5.43 Å². The Morgan fingerprint density at radius 3 is 2.58 bits per heavy atom. The van der Waals surface area contributed by atoms with Crippen molar-refractivity contribution in [2.45, 2.75) is 19.4 Å². The van der Waals surface area contributed by atoms with Crippen molar-refractivity contribution in [1.29, 1.82) is 0 Å². The van der Waals surface area contributed by atoms with Crippen molar-refractivity contribution in [3.8, 4) is 0 Å². The van der Waals surface area contributed by atoms with Crippen molar-refractivity contribution >= 4 is 5.71 Å². The number of aryl methyl sites for hydroxylation is 1. The van der Waals surface area contributed by atoms with Gasteiger partial charge in [0.2, 0.25) is 0 Å². The van der Waals surface area contributed by atoms with Crippen molar-refractivity contribution in [2.75, 3.05) is 0 Å². The van der Waals surface area contributed by atoms with Gasteiger partial charge in [-0.15, -0.1) is 0 Å². The molecule has 1 heterocycles. The molecular formula is C16H15FN2. The third kappa shape index (κ3) is 2.36. The maximum atomic E-state index is 13.7. The SMILES string of the molecule is Cc1ccc(C2=NNC(c3ccccc3F)C2)cc1. The van der Waals surface area contributed by atoms with Crippen molar-refractivity contribution in [3.05, 3.63) is 71.0 Å². The standard InChI is InChI=1S/C16H15FN2/c1-11-6-8-12(9-7-11)15-10-16(19-18-15)13-4-2-3-5-14(13)17/h2-9,16,19H,10H2,1H3. The Kier molecular flexibility index (Phi) is 3.03. The summed E-state index contributed by atoms with van der Waals surface area (Å²) in [6.45, 7) is 2.06. The van der Waals surface area contributed by atoms with E-state index in [1.54, 1.807) is 12.1 Å². The van der Waals surface area contributed by atoms with E-state index in [4.69, 9.17) is 0 Å². The molecule has 96 valence electrons. The van der Waals surface area contributed by atoms with Crippen LogP contribution in [0.3, 0.4) is 0 Å². The number of hydrogen-bond donors (Lipinski definition) is 1. The predicted octanol–water partition coefficient (Wildman–Crippen LogP) is 3.57. The Balaban J connectivity index is 1.80. The third-order valence-electron chi connectivity index (χ3n) is 3.42. The first-order valence-electron chi connectivity index (χ1n) is 6.37. The number of hydrazone groups is 1. The Labute approximate surface area is 112 Å². The number of nitrogens with one attached hydrogen (secondary N) is 1. The molecule has 2 nitrogen and oxygen atoms in total. The summed E-state index contributed by atoms with van der Waals surface area (Å²) in [6.07, 6.45) is 0.712. The molecule has 1 atom stereocenters. The van der Waals surface area contributed by atoms with Crippen molar-refractivity contribution in [3.63, 3.8) is 0 Å². The van der Waals surface area contributed by atoms with Crippen LogP contribution in [0.1, 0.15) is 29.2 Å². The van der Waals surface area contributed by atoms with Crippen LogP contribution in [0.25, 0.3) is 0 Å². The highest BCUT2D eigenvalue weighted by Crippen LogP contribution is 2.26. The van der Waals surface area contributed by atoms with Gasteiger partial charge in [0.25, 0.3) is 0 Å². The molecule has 2 aromatic carbocycles. The smallest absolute Gasteiger partial charge is 0.128 e. The number of benzene rings is 2. The van der Waals surface area contributed by atoms with Crippen molar-refractivity contribution in [2.24, 2.45) is 5.10 Å². The molecule has 1 aliphatic rings. The molecule has 0 saturated heterocycles. The Morgan fingerprint density at radius 1 is 1.11 bits per heavy atom. The molecule has 19 heavy (non-hydrogen) atoms. The zero-order valence-corrected chi connectivity index (χ0v) is 10.7. The maximum absolute atomic E-state index is 13.7. The molecule has 1 N–H and O–H groups in total. The molecule has 3 heteroatoms. The summed E-state index contributed by atoms with van der Waals surface area (Å²) in [4.78, 5) is 0. The van der Waals surface area contributed by atoms with Gasteiger partial charge in [0, 0.05) is 12.0 Å². The fourth-order valence-corrected chi connectivity index (χ4v) is 2.31. The first-order valence-corrected chi connectivity index (χ1v) is 6.37. The molecular weight excluding hydrogens is 239 g/mol. The summed E-state index contributed by atoms with van der Waals surface area (Å²) in [5.74, 6) is -0.180. The lowest BCUT2D eigenvalue weighted by Gasteiger charge is -2.10. The van der Waals surface area contributed by atoms with Crippen LogP contribution in [0.4, 0.5) is 4.39 Å². The molecule has 1 aliphatic heterocycles. The van der Waals surface area contributed by atoms with Gasteiger partial charge in [0.1, 0.15) is 5.82 Å². The van der Waals surface area contributed by atoms with Crippen molar-refractivity contribution in [1.82, 2.24) is 5.43 Å². The first-order chi connectivity index (χ1) is 9.24. The van der Waals surface area contributed by atoms with Gasteiger partial charge in [-0.2, -0.15) is 5.10 Å². The van der Waals surface area contributed by atoms with Gasteiger partial charge < -0.3 is 5.43 Å². The van der Waals surface area contributed by atoms with Crippen LogP contribution in [0.15, 0.2) is 53.6 Å². The lowest BCUT2D eigenvalue weighted by atomic mass is 9.98. The van der Waals surface area contributed by atoms with Crippen LogP contribution >= 0.6 is 0 Å². The first kappa shape index (κ1) is 11.9. The molecule has 2 aromatic rings. The Hall–Kier alpha value is -2.16. The Morgan fingerprint density at radius 2 is 1.84 bits per heavy atom. The van der Waals surface area contributed by atoms with Crippen LogP contribution in [0.5, 0.6) is 0 Å². The molecule has 0 aromatic heterocycles. The molecule has 0 bridgehead atoms. The quantitative estimate of drug-likeness (QED) is 0.870. The van der Waals surface area contributed by atoms with Gasteiger partial charge in [0.15, 0.2) is 0 Å². The second-order valence-electron chi connectivity index (χ2n) is 4.83. The molecule has 0 radical (unpaired) electrons. The number of halogens is 1. The van der Waals surface area contributed by atoms with E-state index in [9.17, 15) is 4.39 Å². The van der Waals surface area contributed by atoms with Crippen LogP contribution in [-0.2, 0) is 0 Å². The Bertz CT molecular complexity index is 617. The molecule has 0 saturated carbocycles. The summed E-state index contributed by atoms with van der Waals surface area (Å²) in [6, 6.07) is 15.0. The summed E-state index contributed by atoms with van der Waals surface area (Å²) in [7, 11) is 0. The zero-order valence-electron chi connectivity index (χ0n) is 10.7. The fourth-order valence-electron chi connectivity index (χ4n) is 2.31. The highest BCUT2D eigenvalue weighted by atomic mass is 19.1. The monoisotopic (exact) mass is 254 g/mol. The van der Waals surface area contributed by atoms with E-state index in [1.807, 2.05) is 6.07 Å². The van der Waals surface area contributed by atoms with E-state index < -0.39 is 0 Å². The van der Waals surface area contributed by atoms with E-state index in [0.29, 0.717) is 12.0 Å². The number of hydrogen-bond acceptors (Lipinski definition) is 2. The maximum Gasteiger partial charge on any atom is 0.128 e. The van der Waals surface area contributed by atoms with Crippen molar-refractivity contribution < 1.29 is 4.39 Å². The molecule has 0 spiro atoms. The van der Waals surface area contributed by atoms with Crippen LogP contribution in [0.2, 0.25) is 0 Å². The molecule has 0 aliphatic carbocycles. The minimum atomic E-state index is -0.180. The van der Waals surface area contributed by atoms with Crippen LogP contribution in [0, 0.1) is 12.7 Å². The largest absolute Gasteiger partial charge is 0.302 e. The van der Waals surface area contributed by atoms with Gasteiger partial charge in [-0.25, -0.2) is 4.39 Å². The van der Waals surface area contributed by atoms with Crippen LogP contribution in [-0.4, -0.2) is 5.71 Å². The van der Waals surface area contributed by atoms with Gasteiger partial charge in [-0.1, -0.05) is 48.0 Å². The lowest BCUT2D eigenvalue weighted by Crippen LogP contribution is -2.11. The second-order valence-corrected chi connectivity index (χ2v) is 4.83. The lowest BCUT2D eigenvalue weighted by molar-refractivity contribution is 0.549. The minimum Gasteiger partial charge on any atom is -0.302 e. The number of nitrogens with zero attached hydrogens (tertiary/aromatic N) is 1. The summed E-state index contributed by atoms with van der Waals surface area (Å²) < 4.78 is 13.7. The van der Waals surface area contributed by atoms with E-state index in [-0.39, 0.29) is 11.9 Å². The highest BCUT2D eigenvalue weighted by Gasteiger charge is 2.23. The highest BCUT2D eigenvalue weighted by molar-refractivity contribution is 6.01. The zero-order chi connectivity index (χ0) is 13.2. The topological polar surface area (TPSA) is 24.4 Å². The fraction of sp³-hybridized carbons (Fsp3) is 0.188. The van der Waals surface area contributed by atoms with E-state index in [2.05, 4.69) is 41.7 Å². The number of rotatable bonds is 2. The van der Waals surface area contributed by atoms with E-state index >= 15 is 0 Å². The molecule has 0 fully saturated rings. The van der Waals surface area contributed by atoms with Gasteiger partial charge in [-0.3, -0.25) is 0 Å². The van der Waals surface area contributed by atoms with Gasteiger partial charge in [0.05, 0.1) is 11.8 Å². The normalized spacial score (nSPS) is 18.0. The third-order valence-corrected chi connectivity index (χ3v) is 3.42. The van der Waals surface area contributed by atoms with E-state index in [1.165, 1.54) is 11.6 Å². The molecule has 0 amide bonds. The van der Waals surface area contributed by atoms with Gasteiger partial charge in [-0.05, 0) is 18.6 Å². The molecule has 3 rings (SSSR count). The average Bonchev–Trinajstić information content (AvgIpc) is 2.89.